The fourth-order valence-corrected chi connectivity index (χ4v) is 5.07. The van der Waals surface area contributed by atoms with Gasteiger partial charge in [-0.15, -0.1) is 0 Å². The Labute approximate surface area is 146 Å². The Kier molecular flexibility index (Phi) is 7.68. The van der Waals surface area contributed by atoms with Crippen molar-refractivity contribution < 1.29 is 13.2 Å². The van der Waals surface area contributed by atoms with Gasteiger partial charge in [0.1, 0.15) is 0 Å². The van der Waals surface area contributed by atoms with Crippen LogP contribution in [0.4, 0.5) is 0 Å². The van der Waals surface area contributed by atoms with Crippen LogP contribution in [0.25, 0.3) is 0 Å². The van der Waals surface area contributed by atoms with Crippen LogP contribution < -0.4 is 5.73 Å². The van der Waals surface area contributed by atoms with Gasteiger partial charge in [0.05, 0.1) is 12.4 Å². The Balaban J connectivity index is 1.75. The van der Waals surface area contributed by atoms with Crippen molar-refractivity contribution in [1.82, 2.24) is 4.31 Å². The standard InChI is InChI=1S/C18H30N2O3S/c1-2-20(18-11-9-17(19)10-12-18)24(21,22)14-6-13-23-15-16-7-4-3-5-8-16/h3-5,7-8,17-18H,2,6,9-15,19H2,1H3. The quantitative estimate of drug-likeness (QED) is 0.692. The number of hydrogen-bond acceptors (Lipinski definition) is 4. The predicted molar refractivity (Wildman–Crippen MR) is 97.1 cm³/mol. The number of sulfonamides is 1. The third-order valence-electron chi connectivity index (χ3n) is 4.62. The molecule has 24 heavy (non-hydrogen) atoms. The Bertz CT molecular complexity index is 569. The summed E-state index contributed by atoms with van der Waals surface area (Å²) in [5.74, 6) is 0.151. The fraction of sp³-hybridized carbons (Fsp3) is 0.667. The third kappa shape index (κ3) is 5.84. The largest absolute Gasteiger partial charge is 0.377 e. The number of hydrogen-bond donors (Lipinski definition) is 1. The molecule has 0 heterocycles. The first-order valence-corrected chi connectivity index (χ1v) is 10.5. The number of nitrogens with zero attached hydrogens (tertiary/aromatic N) is 1. The van der Waals surface area contributed by atoms with Crippen molar-refractivity contribution in [2.75, 3.05) is 18.9 Å². The summed E-state index contributed by atoms with van der Waals surface area (Å²) in [6.07, 6.45) is 4.10. The zero-order valence-corrected chi connectivity index (χ0v) is 15.4. The van der Waals surface area contributed by atoms with E-state index >= 15 is 0 Å². The molecule has 5 nitrogen and oxygen atoms in total. The zero-order chi connectivity index (χ0) is 17.4. The average Bonchev–Trinajstić information content (AvgIpc) is 2.57. The second-order valence-electron chi connectivity index (χ2n) is 6.48. The summed E-state index contributed by atoms with van der Waals surface area (Å²) < 4.78 is 32.5. The molecule has 1 aromatic carbocycles. The van der Waals surface area contributed by atoms with Crippen LogP contribution in [0.3, 0.4) is 0 Å². The summed E-state index contributed by atoms with van der Waals surface area (Å²) in [7, 11) is -3.22. The predicted octanol–water partition coefficient (Wildman–Crippen LogP) is 2.51. The minimum Gasteiger partial charge on any atom is -0.377 e. The monoisotopic (exact) mass is 354 g/mol. The maximum atomic E-state index is 12.6. The van der Waals surface area contributed by atoms with Gasteiger partial charge in [0.15, 0.2) is 0 Å². The molecule has 0 spiro atoms. The van der Waals surface area contributed by atoms with Crippen LogP contribution in [-0.4, -0.2) is 43.7 Å². The van der Waals surface area contributed by atoms with Crippen molar-refractivity contribution in [1.29, 1.82) is 0 Å². The van der Waals surface area contributed by atoms with Gasteiger partial charge in [0.25, 0.3) is 0 Å². The molecule has 1 aliphatic rings. The van der Waals surface area contributed by atoms with E-state index in [9.17, 15) is 8.42 Å². The second kappa shape index (κ2) is 9.51. The molecule has 0 bridgehead atoms. The zero-order valence-electron chi connectivity index (χ0n) is 14.6. The molecule has 6 heteroatoms. The van der Waals surface area contributed by atoms with E-state index in [1.165, 1.54) is 0 Å². The summed E-state index contributed by atoms with van der Waals surface area (Å²) >= 11 is 0. The lowest BCUT2D eigenvalue weighted by Gasteiger charge is -2.34. The van der Waals surface area contributed by atoms with Crippen molar-refractivity contribution in [3.05, 3.63) is 35.9 Å². The lowest BCUT2D eigenvalue weighted by molar-refractivity contribution is 0.121. The highest BCUT2D eigenvalue weighted by atomic mass is 32.2. The van der Waals surface area contributed by atoms with E-state index in [0.717, 1.165) is 31.2 Å². The first kappa shape index (κ1) is 19.4. The highest BCUT2D eigenvalue weighted by Crippen LogP contribution is 2.24. The van der Waals surface area contributed by atoms with E-state index in [0.29, 0.717) is 26.2 Å². The molecule has 0 aromatic heterocycles. The second-order valence-corrected chi connectivity index (χ2v) is 8.52. The molecule has 136 valence electrons. The smallest absolute Gasteiger partial charge is 0.214 e. The minimum absolute atomic E-state index is 0.116. The van der Waals surface area contributed by atoms with Gasteiger partial charge in [-0.3, -0.25) is 0 Å². The van der Waals surface area contributed by atoms with Gasteiger partial charge < -0.3 is 10.5 Å². The van der Waals surface area contributed by atoms with Crippen molar-refractivity contribution in [3.8, 4) is 0 Å². The van der Waals surface area contributed by atoms with Gasteiger partial charge in [-0.1, -0.05) is 37.3 Å². The van der Waals surface area contributed by atoms with Crippen LogP contribution in [0.15, 0.2) is 30.3 Å². The SMILES string of the molecule is CCN(C1CCC(N)CC1)S(=O)(=O)CCCOCc1ccccc1. The number of rotatable bonds is 9. The van der Waals surface area contributed by atoms with Gasteiger partial charge in [0.2, 0.25) is 10.0 Å². The van der Waals surface area contributed by atoms with Crippen LogP contribution in [0.1, 0.15) is 44.6 Å². The van der Waals surface area contributed by atoms with Crippen molar-refractivity contribution in [3.63, 3.8) is 0 Å². The fourth-order valence-electron chi connectivity index (χ4n) is 3.30. The molecule has 1 fully saturated rings. The van der Waals surface area contributed by atoms with Gasteiger partial charge >= 0.3 is 0 Å². The first-order chi connectivity index (χ1) is 11.5. The normalized spacial score (nSPS) is 22.0. The number of ether oxygens (including phenoxy) is 1. The Morgan fingerprint density at radius 2 is 1.83 bits per heavy atom. The molecular formula is C18H30N2O3S. The summed E-state index contributed by atoms with van der Waals surface area (Å²) in [6.45, 7) is 3.44. The lowest BCUT2D eigenvalue weighted by Crippen LogP contribution is -2.45. The molecule has 0 aliphatic heterocycles. The van der Waals surface area contributed by atoms with Crippen LogP contribution in [0.5, 0.6) is 0 Å². The molecule has 2 N–H and O–H groups in total. The van der Waals surface area contributed by atoms with Crippen LogP contribution in [-0.2, 0) is 21.4 Å². The maximum absolute atomic E-state index is 12.6. The summed E-state index contributed by atoms with van der Waals surface area (Å²) in [6, 6.07) is 10.3. The molecule has 0 atom stereocenters. The topological polar surface area (TPSA) is 72.6 Å². The molecule has 0 amide bonds. The van der Waals surface area contributed by atoms with E-state index in [-0.39, 0.29) is 17.8 Å². The molecule has 1 saturated carbocycles. The number of nitrogens with two attached hydrogens (primary N) is 1. The van der Waals surface area contributed by atoms with Crippen molar-refractivity contribution in [2.45, 2.75) is 57.7 Å². The number of benzene rings is 1. The van der Waals surface area contributed by atoms with E-state index in [4.69, 9.17) is 10.5 Å². The van der Waals surface area contributed by atoms with E-state index in [1.807, 2.05) is 37.3 Å². The first-order valence-electron chi connectivity index (χ1n) is 8.89. The maximum Gasteiger partial charge on any atom is 0.214 e. The molecule has 2 rings (SSSR count). The van der Waals surface area contributed by atoms with E-state index in [2.05, 4.69) is 0 Å². The van der Waals surface area contributed by atoms with Crippen LogP contribution in [0.2, 0.25) is 0 Å². The minimum atomic E-state index is -3.22. The van der Waals surface area contributed by atoms with E-state index < -0.39 is 10.0 Å². The lowest BCUT2D eigenvalue weighted by atomic mass is 9.92. The van der Waals surface area contributed by atoms with Crippen LogP contribution in [0, 0.1) is 0 Å². The Morgan fingerprint density at radius 1 is 1.17 bits per heavy atom. The molecular weight excluding hydrogens is 324 g/mol. The summed E-state index contributed by atoms with van der Waals surface area (Å²) in [5, 5.41) is 0. The van der Waals surface area contributed by atoms with Gasteiger partial charge in [-0.2, -0.15) is 4.31 Å². The highest BCUT2D eigenvalue weighted by Gasteiger charge is 2.30. The average molecular weight is 355 g/mol. The van der Waals surface area contributed by atoms with Crippen molar-refractivity contribution >= 4 is 10.0 Å². The van der Waals surface area contributed by atoms with Crippen molar-refractivity contribution in [2.24, 2.45) is 5.73 Å². The molecule has 0 saturated heterocycles. The van der Waals surface area contributed by atoms with Gasteiger partial charge in [-0.25, -0.2) is 8.42 Å². The molecule has 0 radical (unpaired) electrons. The third-order valence-corrected chi connectivity index (χ3v) is 6.70. The van der Waals surface area contributed by atoms with Gasteiger partial charge in [-0.05, 0) is 37.7 Å². The highest BCUT2D eigenvalue weighted by molar-refractivity contribution is 7.89. The Morgan fingerprint density at radius 3 is 2.46 bits per heavy atom. The molecule has 1 aliphatic carbocycles. The molecule has 0 unspecified atom stereocenters. The van der Waals surface area contributed by atoms with Crippen LogP contribution >= 0.6 is 0 Å². The van der Waals surface area contributed by atoms with E-state index in [1.54, 1.807) is 4.31 Å². The summed E-state index contributed by atoms with van der Waals surface area (Å²) in [5.41, 5.74) is 7.03. The summed E-state index contributed by atoms with van der Waals surface area (Å²) in [4.78, 5) is 0. The van der Waals surface area contributed by atoms with Gasteiger partial charge in [0, 0.05) is 25.2 Å². The molecule has 1 aromatic rings. The Hall–Kier alpha value is -0.950.